The van der Waals surface area contributed by atoms with E-state index in [1.54, 1.807) is 4.90 Å². The first-order valence-electron chi connectivity index (χ1n) is 8.95. The molecule has 1 amide bonds. The first-order valence-corrected chi connectivity index (χ1v) is 8.95. The molecule has 1 unspecified atom stereocenters. The van der Waals surface area contributed by atoms with Crippen LogP contribution >= 0.6 is 0 Å². The van der Waals surface area contributed by atoms with Gasteiger partial charge in [0.15, 0.2) is 0 Å². The second-order valence-electron chi connectivity index (χ2n) is 7.21. The SMILES string of the molecule is Cc1cc(C)c2nc(C)cc(C(=O)N3CCNCC(CC(=O)O)C3)c2c1. The molecule has 1 saturated heterocycles. The molecule has 138 valence electrons. The van der Waals surface area contributed by atoms with Gasteiger partial charge in [-0.1, -0.05) is 11.6 Å². The fourth-order valence-electron chi connectivity index (χ4n) is 3.71. The van der Waals surface area contributed by atoms with Gasteiger partial charge in [0.05, 0.1) is 17.5 Å². The predicted molar refractivity (Wildman–Crippen MR) is 100 cm³/mol. The van der Waals surface area contributed by atoms with Crippen molar-refractivity contribution in [3.8, 4) is 0 Å². The van der Waals surface area contributed by atoms with Gasteiger partial charge in [0.25, 0.3) is 5.91 Å². The van der Waals surface area contributed by atoms with E-state index in [0.29, 0.717) is 31.7 Å². The molecule has 6 heteroatoms. The van der Waals surface area contributed by atoms with Crippen LogP contribution in [0, 0.1) is 26.7 Å². The van der Waals surface area contributed by atoms with Crippen LogP contribution in [0.1, 0.15) is 33.6 Å². The van der Waals surface area contributed by atoms with Crippen molar-refractivity contribution >= 4 is 22.8 Å². The Morgan fingerprint density at radius 1 is 1.27 bits per heavy atom. The van der Waals surface area contributed by atoms with E-state index < -0.39 is 5.97 Å². The Morgan fingerprint density at radius 3 is 2.77 bits per heavy atom. The summed E-state index contributed by atoms with van der Waals surface area (Å²) >= 11 is 0. The number of hydrogen-bond donors (Lipinski definition) is 2. The topological polar surface area (TPSA) is 82.5 Å². The van der Waals surface area contributed by atoms with Gasteiger partial charge in [-0.3, -0.25) is 14.6 Å². The molecule has 0 bridgehead atoms. The minimum absolute atomic E-state index is 0.0513. The number of aryl methyl sites for hydroxylation is 3. The number of fused-ring (bicyclic) bond motifs is 1. The summed E-state index contributed by atoms with van der Waals surface area (Å²) in [7, 11) is 0. The van der Waals surface area contributed by atoms with Gasteiger partial charge in [-0.15, -0.1) is 0 Å². The summed E-state index contributed by atoms with van der Waals surface area (Å²) in [6.45, 7) is 8.22. The second kappa shape index (κ2) is 7.41. The number of benzene rings is 1. The van der Waals surface area contributed by atoms with E-state index in [1.807, 2.05) is 32.9 Å². The van der Waals surface area contributed by atoms with Crippen LogP contribution in [0.4, 0.5) is 0 Å². The molecule has 0 saturated carbocycles. The lowest BCUT2D eigenvalue weighted by molar-refractivity contribution is -0.138. The van der Waals surface area contributed by atoms with Crippen molar-refractivity contribution in [2.75, 3.05) is 26.2 Å². The van der Waals surface area contributed by atoms with E-state index in [1.165, 1.54) is 0 Å². The van der Waals surface area contributed by atoms with Crippen LogP contribution in [0.25, 0.3) is 10.9 Å². The Hall–Kier alpha value is -2.47. The second-order valence-corrected chi connectivity index (χ2v) is 7.21. The van der Waals surface area contributed by atoms with Crippen LogP contribution in [-0.4, -0.2) is 53.0 Å². The standard InChI is InChI=1S/C20H25N3O3/c1-12-6-13(2)19-16(7-12)17(8-14(3)22-19)20(26)23-5-4-21-10-15(11-23)9-18(24)25/h6-8,15,21H,4-5,9-11H2,1-3H3,(H,24,25). The third-order valence-corrected chi connectivity index (χ3v) is 4.83. The highest BCUT2D eigenvalue weighted by atomic mass is 16.4. The predicted octanol–water partition coefficient (Wildman–Crippen LogP) is 2.30. The molecular formula is C20H25N3O3. The van der Waals surface area contributed by atoms with E-state index in [9.17, 15) is 9.59 Å². The average Bonchev–Trinajstić information content (AvgIpc) is 2.79. The van der Waals surface area contributed by atoms with E-state index in [0.717, 1.165) is 27.7 Å². The molecule has 2 aromatic rings. The van der Waals surface area contributed by atoms with Crippen molar-refractivity contribution in [2.24, 2.45) is 5.92 Å². The van der Waals surface area contributed by atoms with Crippen molar-refractivity contribution in [3.63, 3.8) is 0 Å². The molecule has 0 spiro atoms. The molecule has 3 rings (SSSR count). The molecule has 1 aliphatic rings. The van der Waals surface area contributed by atoms with Gasteiger partial charge in [-0.2, -0.15) is 0 Å². The van der Waals surface area contributed by atoms with Crippen LogP contribution < -0.4 is 5.32 Å². The van der Waals surface area contributed by atoms with E-state index in [2.05, 4.69) is 16.4 Å². The summed E-state index contributed by atoms with van der Waals surface area (Å²) in [4.78, 5) is 30.8. The quantitative estimate of drug-likeness (QED) is 0.883. The van der Waals surface area contributed by atoms with E-state index in [4.69, 9.17) is 5.11 Å². The summed E-state index contributed by atoms with van der Waals surface area (Å²) < 4.78 is 0. The maximum absolute atomic E-state index is 13.3. The fourth-order valence-corrected chi connectivity index (χ4v) is 3.71. The average molecular weight is 355 g/mol. The summed E-state index contributed by atoms with van der Waals surface area (Å²) in [5.41, 5.74) is 4.46. The minimum Gasteiger partial charge on any atom is -0.481 e. The molecule has 0 radical (unpaired) electrons. The number of aromatic nitrogens is 1. The normalized spacial score (nSPS) is 18.0. The number of carboxylic acids is 1. The van der Waals surface area contributed by atoms with Gasteiger partial charge < -0.3 is 15.3 Å². The Balaban J connectivity index is 1.99. The Morgan fingerprint density at radius 2 is 2.04 bits per heavy atom. The highest BCUT2D eigenvalue weighted by molar-refractivity contribution is 6.07. The number of amides is 1. The number of aliphatic carboxylic acids is 1. The largest absolute Gasteiger partial charge is 0.481 e. The first-order chi connectivity index (χ1) is 12.3. The number of carbonyl (C=O) groups is 2. The molecule has 1 aliphatic heterocycles. The zero-order chi connectivity index (χ0) is 18.8. The Kier molecular flexibility index (Phi) is 5.23. The number of nitrogens with zero attached hydrogens (tertiary/aromatic N) is 2. The molecule has 1 aromatic carbocycles. The smallest absolute Gasteiger partial charge is 0.303 e. The third-order valence-electron chi connectivity index (χ3n) is 4.83. The number of carbonyl (C=O) groups excluding carboxylic acids is 1. The van der Waals surface area contributed by atoms with Crippen molar-refractivity contribution < 1.29 is 14.7 Å². The summed E-state index contributed by atoms with van der Waals surface area (Å²) in [6.07, 6.45) is 0.0606. The molecule has 26 heavy (non-hydrogen) atoms. The molecule has 6 nitrogen and oxygen atoms in total. The zero-order valence-electron chi connectivity index (χ0n) is 15.5. The maximum atomic E-state index is 13.3. The van der Waals surface area contributed by atoms with E-state index >= 15 is 0 Å². The molecule has 2 heterocycles. The van der Waals surface area contributed by atoms with Crippen molar-refractivity contribution in [2.45, 2.75) is 27.2 Å². The highest BCUT2D eigenvalue weighted by Gasteiger charge is 2.26. The number of nitrogens with one attached hydrogen (secondary N) is 1. The van der Waals surface area contributed by atoms with Gasteiger partial charge in [0, 0.05) is 37.3 Å². The minimum atomic E-state index is -0.831. The Bertz CT molecular complexity index is 863. The van der Waals surface area contributed by atoms with Crippen molar-refractivity contribution in [1.29, 1.82) is 0 Å². The van der Waals surface area contributed by atoms with Crippen LogP contribution in [0.5, 0.6) is 0 Å². The lowest BCUT2D eigenvalue weighted by atomic mass is 10.00. The molecule has 0 aliphatic carbocycles. The molecule has 2 N–H and O–H groups in total. The molecule has 1 aromatic heterocycles. The number of carboxylic acid groups (broad SMARTS) is 1. The molecular weight excluding hydrogens is 330 g/mol. The third kappa shape index (κ3) is 3.85. The summed E-state index contributed by atoms with van der Waals surface area (Å²) in [6, 6.07) is 5.92. The molecule has 1 fully saturated rings. The van der Waals surface area contributed by atoms with Gasteiger partial charge in [0.1, 0.15) is 0 Å². The number of rotatable bonds is 3. The zero-order valence-corrected chi connectivity index (χ0v) is 15.5. The lowest BCUT2D eigenvalue weighted by Gasteiger charge is -2.24. The van der Waals surface area contributed by atoms with Crippen LogP contribution in [0.2, 0.25) is 0 Å². The first kappa shape index (κ1) is 18.3. The van der Waals surface area contributed by atoms with Gasteiger partial charge in [0.2, 0.25) is 0 Å². The Labute approximate surface area is 153 Å². The highest BCUT2D eigenvalue weighted by Crippen LogP contribution is 2.25. The fraction of sp³-hybridized carbons (Fsp3) is 0.450. The van der Waals surface area contributed by atoms with Crippen molar-refractivity contribution in [3.05, 3.63) is 40.6 Å². The lowest BCUT2D eigenvalue weighted by Crippen LogP contribution is -2.36. The van der Waals surface area contributed by atoms with Crippen LogP contribution in [-0.2, 0) is 4.79 Å². The molecule has 1 atom stereocenters. The van der Waals surface area contributed by atoms with Gasteiger partial charge in [-0.05, 0) is 44.4 Å². The number of pyridine rings is 1. The monoisotopic (exact) mass is 355 g/mol. The van der Waals surface area contributed by atoms with Crippen molar-refractivity contribution in [1.82, 2.24) is 15.2 Å². The van der Waals surface area contributed by atoms with Gasteiger partial charge >= 0.3 is 5.97 Å². The number of hydrogen-bond acceptors (Lipinski definition) is 4. The van der Waals surface area contributed by atoms with E-state index in [-0.39, 0.29) is 18.2 Å². The van der Waals surface area contributed by atoms with Gasteiger partial charge in [-0.25, -0.2) is 0 Å². The summed E-state index contributed by atoms with van der Waals surface area (Å²) in [5, 5.41) is 13.2. The van der Waals surface area contributed by atoms with Crippen LogP contribution in [0.15, 0.2) is 18.2 Å². The maximum Gasteiger partial charge on any atom is 0.303 e. The summed E-state index contributed by atoms with van der Waals surface area (Å²) in [5.74, 6) is -0.969. The van der Waals surface area contributed by atoms with Crippen LogP contribution in [0.3, 0.4) is 0 Å².